The lowest BCUT2D eigenvalue weighted by Gasteiger charge is -2.32. The zero-order valence-corrected chi connectivity index (χ0v) is 22.3. The summed E-state index contributed by atoms with van der Waals surface area (Å²) in [5.41, 5.74) is 11.4. The number of carbonyl (C=O) groups excluding carboxylic acids is 3. The molecular formula is C26H31N5O6S. The van der Waals surface area contributed by atoms with Gasteiger partial charge in [0.05, 0.1) is 25.6 Å². The van der Waals surface area contributed by atoms with Gasteiger partial charge in [-0.1, -0.05) is 19.3 Å². The minimum absolute atomic E-state index is 0.0334. The Balaban J connectivity index is 1.90. The maximum Gasteiger partial charge on any atom is 0.273 e. The van der Waals surface area contributed by atoms with Crippen LogP contribution in [0.3, 0.4) is 0 Å². The van der Waals surface area contributed by atoms with Crippen LogP contribution in [0.1, 0.15) is 69.8 Å². The summed E-state index contributed by atoms with van der Waals surface area (Å²) < 4.78 is 20.9. The zero-order valence-electron chi connectivity index (χ0n) is 21.5. The molecule has 12 heteroatoms. The Kier molecular flexibility index (Phi) is 8.20. The summed E-state index contributed by atoms with van der Waals surface area (Å²) in [6.07, 6.45) is 4.82. The summed E-state index contributed by atoms with van der Waals surface area (Å²) in [5.74, 6) is -0.441. The molecule has 0 aliphatic heterocycles. The monoisotopic (exact) mass is 541 g/mol. The van der Waals surface area contributed by atoms with E-state index in [0.29, 0.717) is 17.3 Å². The van der Waals surface area contributed by atoms with Crippen molar-refractivity contribution in [1.82, 2.24) is 9.69 Å². The predicted octanol–water partition coefficient (Wildman–Crippen LogP) is 3.58. The number of hydrogen-bond acceptors (Lipinski definition) is 9. The number of nitrogens with one attached hydrogen (secondary N) is 1. The lowest BCUT2D eigenvalue weighted by Crippen LogP contribution is -2.47. The van der Waals surface area contributed by atoms with Crippen LogP contribution >= 0.6 is 11.5 Å². The van der Waals surface area contributed by atoms with Gasteiger partial charge in [0.15, 0.2) is 11.7 Å². The van der Waals surface area contributed by atoms with E-state index < -0.39 is 23.8 Å². The van der Waals surface area contributed by atoms with Gasteiger partial charge in [0.1, 0.15) is 27.9 Å². The fraction of sp³-hybridized carbons (Fsp3) is 0.385. The number of amides is 3. The predicted molar refractivity (Wildman–Crippen MR) is 143 cm³/mol. The molecule has 1 saturated carbocycles. The second-order valence-corrected chi connectivity index (χ2v) is 9.82. The molecule has 0 radical (unpaired) electrons. The number of carbonyl (C=O) groups is 3. The smallest absolute Gasteiger partial charge is 0.273 e. The Bertz CT molecular complexity index is 1330. The third-order valence-electron chi connectivity index (χ3n) is 6.51. The Morgan fingerprint density at radius 1 is 1.13 bits per heavy atom. The largest absolute Gasteiger partial charge is 0.497 e. The summed E-state index contributed by atoms with van der Waals surface area (Å²) in [5, 5.41) is 3.10. The molecule has 1 fully saturated rings. The molecule has 0 unspecified atom stereocenters. The molecule has 11 nitrogen and oxygen atoms in total. The van der Waals surface area contributed by atoms with Crippen LogP contribution in [0.25, 0.3) is 0 Å². The molecule has 0 saturated heterocycles. The molecule has 2 heterocycles. The van der Waals surface area contributed by atoms with Crippen molar-refractivity contribution >= 4 is 40.6 Å². The number of nitrogen functional groups attached to an aromatic ring is 1. The number of benzene rings is 1. The number of ether oxygens (including phenoxy) is 2. The Hall–Kier alpha value is -4.06. The number of primary amides is 1. The Morgan fingerprint density at radius 3 is 2.45 bits per heavy atom. The topological polar surface area (TPSA) is 163 Å². The van der Waals surface area contributed by atoms with Gasteiger partial charge in [-0.3, -0.25) is 19.3 Å². The molecule has 0 spiro atoms. The van der Waals surface area contributed by atoms with Crippen molar-refractivity contribution in [2.75, 3.05) is 24.9 Å². The molecule has 5 N–H and O–H groups in total. The van der Waals surface area contributed by atoms with Gasteiger partial charge < -0.3 is 30.7 Å². The molecule has 1 aliphatic carbocycles. The minimum Gasteiger partial charge on any atom is -0.497 e. The first kappa shape index (κ1) is 27.0. The van der Waals surface area contributed by atoms with Crippen LogP contribution in [0.15, 0.2) is 34.7 Å². The van der Waals surface area contributed by atoms with Crippen molar-refractivity contribution in [2.45, 2.75) is 51.1 Å². The summed E-state index contributed by atoms with van der Waals surface area (Å²) >= 11 is 0.723. The zero-order chi connectivity index (χ0) is 27.4. The van der Waals surface area contributed by atoms with E-state index in [0.717, 1.165) is 43.6 Å². The van der Waals surface area contributed by atoms with Gasteiger partial charge in [-0.2, -0.15) is 4.37 Å². The number of hydrogen-bond donors (Lipinski definition) is 3. The van der Waals surface area contributed by atoms with Crippen LogP contribution in [-0.2, 0) is 4.79 Å². The van der Waals surface area contributed by atoms with E-state index in [4.69, 9.17) is 25.4 Å². The number of aromatic nitrogens is 1. The molecule has 3 amide bonds. The fourth-order valence-electron chi connectivity index (χ4n) is 4.59. The van der Waals surface area contributed by atoms with Crippen molar-refractivity contribution in [1.29, 1.82) is 0 Å². The van der Waals surface area contributed by atoms with Crippen LogP contribution in [-0.4, -0.2) is 42.4 Å². The van der Waals surface area contributed by atoms with E-state index in [1.165, 1.54) is 19.1 Å². The maximum absolute atomic E-state index is 14.2. The van der Waals surface area contributed by atoms with Gasteiger partial charge in [0.2, 0.25) is 0 Å². The van der Waals surface area contributed by atoms with Gasteiger partial charge >= 0.3 is 0 Å². The first-order chi connectivity index (χ1) is 18.2. The van der Waals surface area contributed by atoms with Crippen LogP contribution in [0.2, 0.25) is 0 Å². The van der Waals surface area contributed by atoms with Crippen molar-refractivity contribution in [3.63, 3.8) is 0 Å². The quantitative estimate of drug-likeness (QED) is 0.370. The molecule has 3 aromatic rings. The minimum atomic E-state index is -1.24. The number of furan rings is 1. The van der Waals surface area contributed by atoms with Crippen molar-refractivity contribution in [3.05, 3.63) is 52.4 Å². The molecule has 38 heavy (non-hydrogen) atoms. The molecule has 1 aliphatic rings. The van der Waals surface area contributed by atoms with E-state index in [-0.39, 0.29) is 33.7 Å². The number of anilines is 2. The first-order valence-electron chi connectivity index (χ1n) is 12.2. The third-order valence-corrected chi connectivity index (χ3v) is 7.36. The number of nitrogens with zero attached hydrogens (tertiary/aromatic N) is 2. The molecule has 0 bridgehead atoms. The van der Waals surface area contributed by atoms with Crippen molar-refractivity contribution in [2.24, 2.45) is 5.73 Å². The van der Waals surface area contributed by atoms with E-state index in [9.17, 15) is 14.4 Å². The first-order valence-corrected chi connectivity index (χ1v) is 13.0. The highest BCUT2D eigenvalue weighted by Crippen LogP contribution is 2.40. The van der Waals surface area contributed by atoms with Crippen LogP contribution in [0, 0.1) is 6.92 Å². The Labute approximate surface area is 224 Å². The van der Waals surface area contributed by atoms with Crippen LogP contribution < -0.4 is 31.2 Å². The summed E-state index contributed by atoms with van der Waals surface area (Å²) in [6, 6.07) is 6.98. The molecule has 1 atom stereocenters. The van der Waals surface area contributed by atoms with Gasteiger partial charge in [0, 0.05) is 12.1 Å². The van der Waals surface area contributed by atoms with Gasteiger partial charge in [-0.15, -0.1) is 0 Å². The SMILES string of the molecule is COc1ccc(OC)c(N(C(=O)c2snc(C(N)=O)c2N)[C@@H](C(=O)NC2CCCCC2)c2ccc(C)o2)c1. The lowest BCUT2D eigenvalue weighted by atomic mass is 9.95. The summed E-state index contributed by atoms with van der Waals surface area (Å²) in [4.78, 5) is 41.2. The number of nitrogens with two attached hydrogens (primary N) is 2. The van der Waals surface area contributed by atoms with Crippen LogP contribution in [0.5, 0.6) is 11.5 Å². The number of aryl methyl sites for hydroxylation is 1. The third kappa shape index (κ3) is 5.44. The highest BCUT2D eigenvalue weighted by molar-refractivity contribution is 7.09. The van der Waals surface area contributed by atoms with E-state index >= 15 is 0 Å². The van der Waals surface area contributed by atoms with Crippen molar-refractivity contribution in [3.8, 4) is 11.5 Å². The number of methoxy groups -OCH3 is 2. The Morgan fingerprint density at radius 2 is 1.87 bits per heavy atom. The second kappa shape index (κ2) is 11.5. The second-order valence-electron chi connectivity index (χ2n) is 9.05. The molecule has 202 valence electrons. The highest BCUT2D eigenvalue weighted by Gasteiger charge is 2.40. The molecule has 4 rings (SSSR count). The summed E-state index contributed by atoms with van der Waals surface area (Å²) in [6.45, 7) is 1.75. The van der Waals surface area contributed by atoms with Crippen molar-refractivity contribution < 1.29 is 28.3 Å². The van der Waals surface area contributed by atoms with Gasteiger partial charge in [-0.05, 0) is 55.6 Å². The van der Waals surface area contributed by atoms with Gasteiger partial charge in [-0.25, -0.2) is 0 Å². The molecular weight excluding hydrogens is 510 g/mol. The number of rotatable bonds is 9. The highest BCUT2D eigenvalue weighted by atomic mass is 32.1. The molecule has 2 aromatic heterocycles. The maximum atomic E-state index is 14.2. The van der Waals surface area contributed by atoms with Gasteiger partial charge in [0.25, 0.3) is 17.7 Å². The standard InChI is InChI=1S/C26H31N5O6S/c1-14-9-11-19(37-14)22(25(33)29-15-7-5-4-6-8-15)31(17-13-16(35-2)10-12-18(17)36-3)26(34)23-20(27)21(24(28)32)30-38-23/h9-13,15,22H,4-8,27H2,1-3H3,(H2,28,32)(H,29,33)/t22-/m1/s1. The average molecular weight is 542 g/mol. The summed E-state index contributed by atoms with van der Waals surface area (Å²) in [7, 11) is 2.94. The van der Waals surface area contributed by atoms with E-state index in [2.05, 4.69) is 9.69 Å². The fourth-order valence-corrected chi connectivity index (χ4v) is 5.33. The normalized spacial score (nSPS) is 14.5. The van der Waals surface area contributed by atoms with E-state index in [1.54, 1.807) is 37.3 Å². The lowest BCUT2D eigenvalue weighted by molar-refractivity contribution is -0.123. The average Bonchev–Trinajstić information content (AvgIpc) is 3.52. The molecule has 1 aromatic carbocycles. The van der Waals surface area contributed by atoms with Crippen LogP contribution in [0.4, 0.5) is 11.4 Å². The van der Waals surface area contributed by atoms with E-state index in [1.807, 2.05) is 0 Å².